The predicted octanol–water partition coefficient (Wildman–Crippen LogP) is 5.93. The maximum atomic E-state index is 6.32. The summed E-state index contributed by atoms with van der Waals surface area (Å²) >= 11 is 5.63. The number of hydrogen-bond acceptors (Lipinski definition) is 6. The van der Waals surface area contributed by atoms with Crippen LogP contribution in [-0.2, 0) is 16.0 Å². The normalized spacial score (nSPS) is 21.8. The highest BCUT2D eigenvalue weighted by atomic mass is 79.9. The van der Waals surface area contributed by atoms with Gasteiger partial charge in [-0.1, -0.05) is 48.5 Å². The van der Waals surface area contributed by atoms with Crippen molar-refractivity contribution in [2.75, 3.05) is 53.2 Å². The molecule has 37 heavy (non-hydrogen) atoms. The summed E-state index contributed by atoms with van der Waals surface area (Å²) in [6.07, 6.45) is 3.02. The molecule has 2 aromatic carbocycles. The number of fused-ring (bicyclic) bond motifs is 1. The second-order valence-electron chi connectivity index (χ2n) is 9.75. The molecule has 2 atom stereocenters. The van der Waals surface area contributed by atoms with E-state index in [1.54, 1.807) is 7.11 Å². The van der Waals surface area contributed by atoms with Crippen LogP contribution in [0, 0.1) is 5.92 Å². The van der Waals surface area contributed by atoms with Crippen LogP contribution >= 0.6 is 27.7 Å². The molecule has 0 radical (unpaired) electrons. The van der Waals surface area contributed by atoms with Gasteiger partial charge in [0.15, 0.2) is 0 Å². The van der Waals surface area contributed by atoms with E-state index in [2.05, 4.69) is 104 Å². The first kappa shape index (κ1) is 26.6. The molecule has 196 valence electrons. The fourth-order valence-electron chi connectivity index (χ4n) is 5.66. The van der Waals surface area contributed by atoms with Crippen molar-refractivity contribution in [3.05, 3.63) is 99.5 Å². The van der Waals surface area contributed by atoms with Gasteiger partial charge in [-0.3, -0.25) is 9.80 Å². The van der Waals surface area contributed by atoms with Gasteiger partial charge in [0.05, 0.1) is 11.6 Å². The van der Waals surface area contributed by atoms with Crippen molar-refractivity contribution < 1.29 is 9.47 Å². The van der Waals surface area contributed by atoms with E-state index in [4.69, 9.17) is 9.47 Å². The number of rotatable bonds is 9. The minimum atomic E-state index is -0.0569. The molecule has 2 aliphatic heterocycles. The molecule has 1 fully saturated rings. The van der Waals surface area contributed by atoms with Crippen molar-refractivity contribution in [2.24, 2.45) is 5.92 Å². The minimum absolute atomic E-state index is 0.0569. The van der Waals surface area contributed by atoms with Crippen LogP contribution in [0.3, 0.4) is 0 Å². The molecule has 1 aliphatic carbocycles. The van der Waals surface area contributed by atoms with Gasteiger partial charge < -0.3 is 14.4 Å². The van der Waals surface area contributed by atoms with Gasteiger partial charge >= 0.3 is 0 Å². The summed E-state index contributed by atoms with van der Waals surface area (Å²) in [6.45, 7) is 5.05. The Balaban J connectivity index is 1.38. The lowest BCUT2D eigenvalue weighted by Gasteiger charge is -2.40. The summed E-state index contributed by atoms with van der Waals surface area (Å²) in [6, 6.07) is 21.4. The van der Waals surface area contributed by atoms with Crippen LogP contribution in [0.2, 0.25) is 0 Å². The zero-order valence-electron chi connectivity index (χ0n) is 21.9. The SMILES string of the molecule is COC1=C(Br)C=C2C(C1)C(C(OC)N1CCN(Cc3ccccc3)CC1)=C(CSc1ccccc1)N2C. The third kappa shape index (κ3) is 5.86. The second-order valence-corrected chi connectivity index (χ2v) is 11.7. The fraction of sp³-hybridized carbons (Fsp3) is 0.400. The maximum Gasteiger partial charge on any atom is 0.135 e. The topological polar surface area (TPSA) is 28.2 Å². The Bertz CT molecular complexity index is 1160. The van der Waals surface area contributed by atoms with Gasteiger partial charge in [0.25, 0.3) is 0 Å². The van der Waals surface area contributed by atoms with E-state index in [1.807, 2.05) is 18.9 Å². The Morgan fingerprint density at radius 2 is 1.65 bits per heavy atom. The van der Waals surface area contributed by atoms with Gasteiger partial charge in [0.1, 0.15) is 12.0 Å². The molecular formula is C30H36BrN3O2S. The van der Waals surface area contributed by atoms with E-state index in [-0.39, 0.29) is 12.1 Å². The van der Waals surface area contributed by atoms with Crippen LogP contribution in [0.15, 0.2) is 98.8 Å². The Hall–Kier alpha value is -2.03. The Labute approximate surface area is 233 Å². The first-order valence-electron chi connectivity index (χ1n) is 12.9. The summed E-state index contributed by atoms with van der Waals surface area (Å²) in [5.74, 6) is 2.15. The second kappa shape index (κ2) is 12.2. The summed E-state index contributed by atoms with van der Waals surface area (Å²) in [5, 5.41) is 0. The lowest BCUT2D eigenvalue weighted by atomic mass is 9.88. The molecule has 0 amide bonds. The number of allylic oxidation sites excluding steroid dienone is 4. The Morgan fingerprint density at radius 1 is 0.973 bits per heavy atom. The van der Waals surface area contributed by atoms with Crippen molar-refractivity contribution >= 4 is 27.7 Å². The van der Waals surface area contributed by atoms with Gasteiger partial charge in [-0.05, 0) is 39.7 Å². The number of ether oxygens (including phenoxy) is 2. The van der Waals surface area contributed by atoms with E-state index >= 15 is 0 Å². The van der Waals surface area contributed by atoms with Crippen LogP contribution < -0.4 is 0 Å². The summed E-state index contributed by atoms with van der Waals surface area (Å²) in [7, 11) is 5.84. The Morgan fingerprint density at radius 3 is 2.30 bits per heavy atom. The summed E-state index contributed by atoms with van der Waals surface area (Å²) in [5.41, 5.74) is 5.42. The Kier molecular flexibility index (Phi) is 8.78. The van der Waals surface area contributed by atoms with Crippen molar-refractivity contribution in [1.29, 1.82) is 0 Å². The highest BCUT2D eigenvalue weighted by molar-refractivity contribution is 9.11. The number of hydrogen-bond donors (Lipinski definition) is 0. The van der Waals surface area contributed by atoms with Crippen molar-refractivity contribution in [1.82, 2.24) is 14.7 Å². The predicted molar refractivity (Wildman–Crippen MR) is 155 cm³/mol. The number of benzene rings is 2. The van der Waals surface area contributed by atoms with E-state index in [9.17, 15) is 0 Å². The number of halogens is 1. The molecule has 0 N–H and O–H groups in total. The number of piperazine rings is 1. The van der Waals surface area contributed by atoms with Crippen molar-refractivity contribution in [2.45, 2.75) is 24.1 Å². The van der Waals surface area contributed by atoms with E-state index in [1.165, 1.54) is 27.4 Å². The standard InChI is InChI=1S/C30H36BrN3O2S/c1-32-26-19-25(31)28(35-2)18-24(26)29(27(32)21-37-23-12-8-5-9-13-23)30(36-3)34-16-14-33(15-17-34)20-22-10-6-4-7-11-22/h4-13,19,24,30H,14-18,20-21H2,1-3H3. The molecule has 2 aromatic rings. The number of nitrogens with zero attached hydrogens (tertiary/aromatic N) is 3. The molecular weight excluding hydrogens is 546 g/mol. The largest absolute Gasteiger partial charge is 0.500 e. The monoisotopic (exact) mass is 581 g/mol. The molecule has 5 nitrogen and oxygen atoms in total. The van der Waals surface area contributed by atoms with Crippen LogP contribution in [-0.4, -0.2) is 74.1 Å². The average molecular weight is 583 g/mol. The lowest BCUT2D eigenvalue weighted by Crippen LogP contribution is -2.51. The quantitative estimate of drug-likeness (QED) is 0.341. The zero-order chi connectivity index (χ0) is 25.8. The van der Waals surface area contributed by atoms with Gasteiger partial charge in [0, 0.05) is 86.8 Å². The van der Waals surface area contributed by atoms with E-state index < -0.39 is 0 Å². The molecule has 3 aliphatic rings. The molecule has 0 spiro atoms. The highest BCUT2D eigenvalue weighted by Crippen LogP contribution is 2.48. The minimum Gasteiger partial charge on any atom is -0.500 e. The van der Waals surface area contributed by atoms with Gasteiger partial charge in [-0.25, -0.2) is 0 Å². The first-order valence-corrected chi connectivity index (χ1v) is 14.7. The van der Waals surface area contributed by atoms with Gasteiger partial charge in [-0.15, -0.1) is 11.8 Å². The van der Waals surface area contributed by atoms with E-state index in [0.717, 1.165) is 55.1 Å². The van der Waals surface area contributed by atoms with Gasteiger partial charge in [0.2, 0.25) is 0 Å². The molecule has 5 rings (SSSR count). The third-order valence-electron chi connectivity index (χ3n) is 7.63. The van der Waals surface area contributed by atoms with Crippen LogP contribution in [0.4, 0.5) is 0 Å². The van der Waals surface area contributed by atoms with Crippen molar-refractivity contribution in [3.63, 3.8) is 0 Å². The first-order chi connectivity index (χ1) is 18.1. The smallest absolute Gasteiger partial charge is 0.135 e. The summed E-state index contributed by atoms with van der Waals surface area (Å²) in [4.78, 5) is 8.75. The number of methoxy groups -OCH3 is 2. The molecule has 0 saturated carbocycles. The van der Waals surface area contributed by atoms with Crippen molar-refractivity contribution in [3.8, 4) is 0 Å². The molecule has 1 saturated heterocycles. The lowest BCUT2D eigenvalue weighted by molar-refractivity contribution is -0.0359. The number of thioether (sulfide) groups is 1. The van der Waals surface area contributed by atoms with Crippen LogP contribution in [0.1, 0.15) is 12.0 Å². The van der Waals surface area contributed by atoms with E-state index in [0.29, 0.717) is 0 Å². The molecule has 7 heteroatoms. The average Bonchev–Trinajstić information content (AvgIpc) is 3.19. The fourth-order valence-corrected chi connectivity index (χ4v) is 7.23. The highest BCUT2D eigenvalue weighted by Gasteiger charge is 2.43. The van der Waals surface area contributed by atoms with Gasteiger partial charge in [-0.2, -0.15) is 0 Å². The summed E-state index contributed by atoms with van der Waals surface area (Å²) < 4.78 is 13.1. The maximum absolute atomic E-state index is 6.32. The zero-order valence-corrected chi connectivity index (χ0v) is 24.3. The van der Waals surface area contributed by atoms with Crippen LogP contribution in [0.25, 0.3) is 0 Å². The molecule has 0 aromatic heterocycles. The van der Waals surface area contributed by atoms with Crippen LogP contribution in [0.5, 0.6) is 0 Å². The molecule has 2 unspecified atom stereocenters. The third-order valence-corrected chi connectivity index (χ3v) is 9.32. The molecule has 2 heterocycles. The molecule has 0 bridgehead atoms.